The summed E-state index contributed by atoms with van der Waals surface area (Å²) in [5, 5.41) is 12.6. The first-order chi connectivity index (χ1) is 9.17. The zero-order valence-corrected chi connectivity index (χ0v) is 12.0. The highest BCUT2D eigenvalue weighted by molar-refractivity contribution is 7.91. The number of hydrogen-bond acceptors (Lipinski definition) is 4. The van der Waals surface area contributed by atoms with E-state index in [1.54, 1.807) is 6.07 Å². The summed E-state index contributed by atoms with van der Waals surface area (Å²) in [5.74, 6) is -3.45. The number of nitrogens with one attached hydrogen (secondary N) is 1. The van der Waals surface area contributed by atoms with E-state index in [0.29, 0.717) is 6.42 Å². The first-order valence-electron chi connectivity index (χ1n) is 6.23. The molecule has 2 unspecified atom stereocenters. The lowest BCUT2D eigenvalue weighted by atomic mass is 9.64. The fourth-order valence-electron chi connectivity index (χ4n) is 2.27. The van der Waals surface area contributed by atoms with E-state index < -0.39 is 32.0 Å². The Kier molecular flexibility index (Phi) is 3.77. The van der Waals surface area contributed by atoms with Gasteiger partial charge in [-0.05, 0) is 18.6 Å². The third-order valence-electron chi connectivity index (χ3n) is 3.97. The molecule has 0 spiro atoms. The maximum atomic E-state index is 12.7. The number of hydrogen-bond donors (Lipinski definition) is 2. The summed E-state index contributed by atoms with van der Waals surface area (Å²) in [7, 11) is -4.65. The molecule has 1 fully saturated rings. The second kappa shape index (κ2) is 4.96. The van der Waals surface area contributed by atoms with Gasteiger partial charge in [0, 0.05) is 11.5 Å². The minimum Gasteiger partial charge on any atom is -0.392 e. The van der Waals surface area contributed by atoms with Crippen LogP contribution in [-0.4, -0.2) is 31.4 Å². The lowest BCUT2D eigenvalue weighted by Gasteiger charge is -2.50. The molecular weight excluding hydrogens is 288 g/mol. The highest BCUT2D eigenvalue weighted by Gasteiger charge is 2.47. The van der Waals surface area contributed by atoms with Crippen molar-refractivity contribution >= 4 is 15.5 Å². The monoisotopic (exact) mass is 305 g/mol. The largest absolute Gasteiger partial charge is 0.392 e. The van der Waals surface area contributed by atoms with Crippen molar-refractivity contribution in [2.24, 2.45) is 5.41 Å². The SMILES string of the molecule is CC1(C)C(O)CC1Nc1ccccc1S(=O)(=O)C(F)F. The van der Waals surface area contributed by atoms with E-state index in [2.05, 4.69) is 5.32 Å². The number of anilines is 1. The van der Waals surface area contributed by atoms with Crippen LogP contribution >= 0.6 is 0 Å². The number of aliphatic hydroxyl groups excluding tert-OH is 1. The molecule has 0 saturated heterocycles. The van der Waals surface area contributed by atoms with E-state index in [0.717, 1.165) is 6.07 Å². The summed E-state index contributed by atoms with van der Waals surface area (Å²) in [5.41, 5.74) is -0.278. The Morgan fingerprint density at radius 2 is 1.95 bits per heavy atom. The third-order valence-corrected chi connectivity index (χ3v) is 5.41. The first-order valence-corrected chi connectivity index (χ1v) is 7.77. The Labute approximate surface area is 116 Å². The lowest BCUT2D eigenvalue weighted by molar-refractivity contribution is -0.0511. The normalized spacial score (nSPS) is 25.3. The maximum absolute atomic E-state index is 12.7. The number of aliphatic hydroxyl groups is 1. The highest BCUT2D eigenvalue weighted by atomic mass is 32.2. The van der Waals surface area contributed by atoms with Crippen molar-refractivity contribution in [1.29, 1.82) is 0 Å². The molecule has 1 aliphatic carbocycles. The van der Waals surface area contributed by atoms with Gasteiger partial charge in [-0.25, -0.2) is 8.42 Å². The predicted molar refractivity (Wildman–Crippen MR) is 71.4 cm³/mol. The van der Waals surface area contributed by atoms with E-state index in [-0.39, 0.29) is 11.7 Å². The summed E-state index contributed by atoms with van der Waals surface area (Å²) >= 11 is 0. The molecule has 20 heavy (non-hydrogen) atoms. The van der Waals surface area contributed by atoms with Gasteiger partial charge in [0.2, 0.25) is 9.84 Å². The van der Waals surface area contributed by atoms with Crippen LogP contribution in [0.5, 0.6) is 0 Å². The molecule has 1 aromatic rings. The molecule has 1 aliphatic rings. The van der Waals surface area contributed by atoms with Crippen molar-refractivity contribution in [3.05, 3.63) is 24.3 Å². The molecule has 2 N–H and O–H groups in total. The molecule has 0 heterocycles. The van der Waals surface area contributed by atoms with Crippen LogP contribution in [0.15, 0.2) is 29.2 Å². The second-order valence-electron chi connectivity index (χ2n) is 5.57. The van der Waals surface area contributed by atoms with Crippen molar-refractivity contribution < 1.29 is 22.3 Å². The molecule has 0 radical (unpaired) electrons. The average molecular weight is 305 g/mol. The Bertz CT molecular complexity index is 601. The molecule has 2 rings (SSSR count). The second-order valence-corrected chi connectivity index (χ2v) is 7.46. The van der Waals surface area contributed by atoms with Gasteiger partial charge in [-0.2, -0.15) is 8.78 Å². The summed E-state index contributed by atoms with van der Waals surface area (Å²) in [4.78, 5) is -0.410. The molecule has 2 atom stereocenters. The summed E-state index contributed by atoms with van der Waals surface area (Å²) in [6.07, 6.45) is -0.0327. The number of halogens is 2. The lowest BCUT2D eigenvalue weighted by Crippen LogP contribution is -2.57. The standard InChI is InChI=1S/C13H17F2NO3S/c1-13(2)10(7-11(13)17)16-8-5-3-4-6-9(8)20(18,19)12(14)15/h3-6,10-12,16-17H,7H2,1-2H3. The van der Waals surface area contributed by atoms with Crippen LogP contribution in [0.1, 0.15) is 20.3 Å². The maximum Gasteiger partial charge on any atom is 0.341 e. The van der Waals surface area contributed by atoms with Gasteiger partial charge >= 0.3 is 5.76 Å². The first kappa shape index (κ1) is 15.2. The summed E-state index contributed by atoms with van der Waals surface area (Å²) < 4.78 is 48.6. The Morgan fingerprint density at radius 3 is 2.45 bits per heavy atom. The Balaban J connectivity index is 2.31. The zero-order chi connectivity index (χ0) is 15.1. The predicted octanol–water partition coefficient (Wildman–Crippen LogP) is 2.25. The van der Waals surface area contributed by atoms with E-state index in [1.165, 1.54) is 12.1 Å². The van der Waals surface area contributed by atoms with Gasteiger partial charge < -0.3 is 10.4 Å². The molecule has 0 bridgehead atoms. The average Bonchev–Trinajstić information content (AvgIpc) is 2.38. The van der Waals surface area contributed by atoms with Crippen LogP contribution in [0.2, 0.25) is 0 Å². The Hall–Kier alpha value is -1.21. The van der Waals surface area contributed by atoms with E-state index >= 15 is 0 Å². The van der Waals surface area contributed by atoms with E-state index in [4.69, 9.17) is 0 Å². The number of para-hydroxylation sites is 1. The molecule has 0 amide bonds. The number of alkyl halides is 2. The van der Waals surface area contributed by atoms with Crippen LogP contribution in [-0.2, 0) is 9.84 Å². The molecule has 112 valence electrons. The van der Waals surface area contributed by atoms with Crippen LogP contribution < -0.4 is 5.32 Å². The van der Waals surface area contributed by atoms with Crippen molar-refractivity contribution in [1.82, 2.24) is 0 Å². The van der Waals surface area contributed by atoms with Gasteiger partial charge in [-0.15, -0.1) is 0 Å². The quantitative estimate of drug-likeness (QED) is 0.895. The molecule has 0 aromatic heterocycles. The third kappa shape index (κ3) is 2.40. The van der Waals surface area contributed by atoms with E-state index in [1.807, 2.05) is 13.8 Å². The fourth-order valence-corrected chi connectivity index (χ4v) is 3.16. The van der Waals surface area contributed by atoms with Gasteiger partial charge in [0.05, 0.1) is 16.7 Å². The van der Waals surface area contributed by atoms with Gasteiger partial charge in [-0.3, -0.25) is 0 Å². The molecule has 1 aromatic carbocycles. The van der Waals surface area contributed by atoms with Crippen molar-refractivity contribution in [2.45, 2.75) is 43.1 Å². The number of rotatable bonds is 4. The molecule has 4 nitrogen and oxygen atoms in total. The summed E-state index contributed by atoms with van der Waals surface area (Å²) in [6.45, 7) is 3.67. The van der Waals surface area contributed by atoms with Crippen LogP contribution in [0.3, 0.4) is 0 Å². The number of benzene rings is 1. The Morgan fingerprint density at radius 1 is 1.35 bits per heavy atom. The molecule has 1 saturated carbocycles. The smallest absolute Gasteiger partial charge is 0.341 e. The van der Waals surface area contributed by atoms with Gasteiger partial charge in [0.15, 0.2) is 0 Å². The summed E-state index contributed by atoms with van der Waals surface area (Å²) in [6, 6.07) is 5.43. The van der Waals surface area contributed by atoms with Crippen LogP contribution in [0.4, 0.5) is 14.5 Å². The minimum absolute atomic E-state index is 0.151. The van der Waals surface area contributed by atoms with Gasteiger partial charge in [-0.1, -0.05) is 26.0 Å². The minimum atomic E-state index is -4.65. The molecular formula is C13H17F2NO3S. The topological polar surface area (TPSA) is 66.4 Å². The zero-order valence-electron chi connectivity index (χ0n) is 11.2. The van der Waals surface area contributed by atoms with Crippen molar-refractivity contribution in [3.8, 4) is 0 Å². The van der Waals surface area contributed by atoms with Crippen molar-refractivity contribution in [2.75, 3.05) is 5.32 Å². The van der Waals surface area contributed by atoms with Crippen molar-refractivity contribution in [3.63, 3.8) is 0 Å². The van der Waals surface area contributed by atoms with Gasteiger partial charge in [0.25, 0.3) is 0 Å². The fraction of sp³-hybridized carbons (Fsp3) is 0.538. The molecule has 0 aliphatic heterocycles. The molecule has 7 heteroatoms. The van der Waals surface area contributed by atoms with Crippen LogP contribution in [0.25, 0.3) is 0 Å². The highest BCUT2D eigenvalue weighted by Crippen LogP contribution is 2.43. The number of sulfone groups is 1. The van der Waals surface area contributed by atoms with E-state index in [9.17, 15) is 22.3 Å². The van der Waals surface area contributed by atoms with Crippen LogP contribution in [0, 0.1) is 5.41 Å². The van der Waals surface area contributed by atoms with Gasteiger partial charge in [0.1, 0.15) is 0 Å².